The van der Waals surface area contributed by atoms with Gasteiger partial charge in [-0.3, -0.25) is 5.32 Å². The van der Waals surface area contributed by atoms with Gasteiger partial charge >= 0.3 is 6.03 Å². The van der Waals surface area contributed by atoms with Crippen LogP contribution >= 0.6 is 23.1 Å². The first-order valence-corrected chi connectivity index (χ1v) is 7.77. The zero-order chi connectivity index (χ0) is 12.1. The Morgan fingerprint density at radius 1 is 1.35 bits per heavy atom. The van der Waals surface area contributed by atoms with Crippen LogP contribution in [-0.2, 0) is 0 Å². The molecule has 0 aliphatic heterocycles. The van der Waals surface area contributed by atoms with Gasteiger partial charge in [0.25, 0.3) is 0 Å². The lowest BCUT2D eigenvalue weighted by Crippen LogP contribution is -2.38. The highest BCUT2D eigenvalue weighted by atomic mass is 32.2. The van der Waals surface area contributed by atoms with Crippen LogP contribution in [0.5, 0.6) is 0 Å². The van der Waals surface area contributed by atoms with Crippen LogP contribution in [0.2, 0.25) is 0 Å². The summed E-state index contributed by atoms with van der Waals surface area (Å²) in [5.41, 5.74) is 0. The normalized spacial score (nSPS) is 16.8. The van der Waals surface area contributed by atoms with E-state index in [1.807, 2.05) is 6.26 Å². The average molecular weight is 272 g/mol. The highest BCUT2D eigenvalue weighted by Gasteiger charge is 2.16. The molecule has 1 aromatic heterocycles. The van der Waals surface area contributed by atoms with E-state index in [9.17, 15) is 4.79 Å². The first-order valence-electron chi connectivity index (χ1n) is 5.73. The second-order valence-corrected chi connectivity index (χ2v) is 6.04. The van der Waals surface area contributed by atoms with Crippen molar-refractivity contribution in [1.29, 1.82) is 0 Å². The Balaban J connectivity index is 1.79. The number of thioether (sulfide) groups is 1. The summed E-state index contributed by atoms with van der Waals surface area (Å²) in [5, 5.41) is 14.1. The lowest BCUT2D eigenvalue weighted by Gasteiger charge is -2.22. The fraction of sp³-hybridized carbons (Fsp3) is 0.700. The van der Waals surface area contributed by atoms with Gasteiger partial charge in [0.05, 0.1) is 0 Å². The summed E-state index contributed by atoms with van der Waals surface area (Å²) < 4.78 is 0.859. The molecular formula is C10H16N4OS2. The average Bonchev–Trinajstić information content (AvgIpc) is 2.78. The zero-order valence-electron chi connectivity index (χ0n) is 9.73. The second kappa shape index (κ2) is 6.20. The summed E-state index contributed by atoms with van der Waals surface area (Å²) in [6, 6.07) is 0.150. The number of aromatic nitrogens is 2. The Labute approximate surface area is 109 Å². The van der Waals surface area contributed by atoms with Crippen LogP contribution in [0.25, 0.3) is 0 Å². The van der Waals surface area contributed by atoms with E-state index < -0.39 is 0 Å². The van der Waals surface area contributed by atoms with Crippen molar-refractivity contribution in [3.63, 3.8) is 0 Å². The summed E-state index contributed by atoms with van der Waals surface area (Å²) in [4.78, 5) is 11.7. The lowest BCUT2D eigenvalue weighted by atomic mass is 9.96. The Morgan fingerprint density at radius 2 is 2.12 bits per heavy atom. The van der Waals surface area contributed by atoms with Gasteiger partial charge in [-0.15, -0.1) is 10.2 Å². The minimum Gasteiger partial charge on any atom is -0.335 e. The van der Waals surface area contributed by atoms with Gasteiger partial charge in [0.1, 0.15) is 0 Å². The van der Waals surface area contributed by atoms with E-state index in [0.717, 1.165) is 17.2 Å². The van der Waals surface area contributed by atoms with Crippen molar-refractivity contribution < 1.29 is 4.79 Å². The molecule has 0 spiro atoms. The summed E-state index contributed by atoms with van der Waals surface area (Å²) in [5.74, 6) is 0. The van der Waals surface area contributed by atoms with Gasteiger partial charge in [-0.1, -0.05) is 42.4 Å². The highest BCUT2D eigenvalue weighted by Crippen LogP contribution is 2.23. The lowest BCUT2D eigenvalue weighted by molar-refractivity contribution is 0.244. The number of hydrogen-bond donors (Lipinski definition) is 2. The van der Waals surface area contributed by atoms with Gasteiger partial charge in [-0.25, -0.2) is 4.79 Å². The van der Waals surface area contributed by atoms with E-state index in [1.54, 1.807) is 0 Å². The molecule has 2 rings (SSSR count). The van der Waals surface area contributed by atoms with Crippen LogP contribution in [0.15, 0.2) is 4.34 Å². The molecule has 2 amide bonds. The van der Waals surface area contributed by atoms with E-state index in [2.05, 4.69) is 20.8 Å². The smallest absolute Gasteiger partial charge is 0.321 e. The Kier molecular flexibility index (Phi) is 4.61. The maximum Gasteiger partial charge on any atom is 0.321 e. The van der Waals surface area contributed by atoms with Crippen LogP contribution in [0.4, 0.5) is 9.93 Å². The molecule has 0 radical (unpaired) electrons. The Hall–Kier alpha value is -0.820. The number of anilines is 1. The van der Waals surface area contributed by atoms with E-state index in [1.165, 1.54) is 42.4 Å². The number of amides is 2. The van der Waals surface area contributed by atoms with Crippen molar-refractivity contribution >= 4 is 34.3 Å². The van der Waals surface area contributed by atoms with Crippen LogP contribution in [0.1, 0.15) is 32.1 Å². The fourth-order valence-electron chi connectivity index (χ4n) is 1.91. The quantitative estimate of drug-likeness (QED) is 0.656. The van der Waals surface area contributed by atoms with Gasteiger partial charge in [0.15, 0.2) is 4.34 Å². The summed E-state index contributed by atoms with van der Waals surface area (Å²) >= 11 is 2.92. The van der Waals surface area contributed by atoms with Gasteiger partial charge in [0, 0.05) is 6.04 Å². The molecular weight excluding hydrogens is 256 g/mol. The first kappa shape index (κ1) is 12.6. The standard InChI is InChI=1S/C10H16N4OS2/c1-16-10-14-13-9(17-10)12-8(15)11-7-5-3-2-4-6-7/h7H,2-6H2,1H3,(H2,11,12,13,15). The molecule has 1 fully saturated rings. The molecule has 1 heterocycles. The number of carbonyl (C=O) groups is 1. The van der Waals surface area contributed by atoms with Gasteiger partial charge in [0.2, 0.25) is 5.13 Å². The summed E-state index contributed by atoms with van der Waals surface area (Å²) in [6.07, 6.45) is 7.81. The van der Waals surface area contributed by atoms with Gasteiger partial charge < -0.3 is 5.32 Å². The van der Waals surface area contributed by atoms with Crippen molar-refractivity contribution in [2.75, 3.05) is 11.6 Å². The third-order valence-corrected chi connectivity index (χ3v) is 4.56. The second-order valence-electron chi connectivity index (χ2n) is 4.01. The molecule has 1 aromatic rings. The molecule has 1 saturated carbocycles. The predicted molar refractivity (Wildman–Crippen MR) is 70.7 cm³/mol. The molecule has 1 aliphatic rings. The minimum atomic E-state index is -0.166. The molecule has 7 heteroatoms. The summed E-state index contributed by atoms with van der Waals surface area (Å²) in [6.45, 7) is 0. The number of nitrogens with zero attached hydrogens (tertiary/aromatic N) is 2. The maximum absolute atomic E-state index is 11.7. The Bertz CT molecular complexity index is 376. The van der Waals surface area contributed by atoms with Crippen LogP contribution in [0.3, 0.4) is 0 Å². The summed E-state index contributed by atoms with van der Waals surface area (Å²) in [7, 11) is 0. The number of carbonyl (C=O) groups excluding carboxylic acids is 1. The molecule has 0 aromatic carbocycles. The highest BCUT2D eigenvalue weighted by molar-refractivity contribution is 8.00. The van der Waals surface area contributed by atoms with Crippen LogP contribution < -0.4 is 10.6 Å². The van der Waals surface area contributed by atoms with Crippen molar-refractivity contribution in [2.24, 2.45) is 0 Å². The molecule has 2 N–H and O–H groups in total. The monoisotopic (exact) mass is 272 g/mol. The molecule has 94 valence electrons. The molecule has 5 nitrogen and oxygen atoms in total. The largest absolute Gasteiger partial charge is 0.335 e. The maximum atomic E-state index is 11.7. The molecule has 17 heavy (non-hydrogen) atoms. The van der Waals surface area contributed by atoms with Crippen LogP contribution in [0, 0.1) is 0 Å². The van der Waals surface area contributed by atoms with Crippen molar-refractivity contribution in [2.45, 2.75) is 42.5 Å². The van der Waals surface area contributed by atoms with Crippen molar-refractivity contribution in [3.8, 4) is 0 Å². The molecule has 0 unspecified atom stereocenters. The van der Waals surface area contributed by atoms with Gasteiger partial charge in [-0.2, -0.15) is 0 Å². The Morgan fingerprint density at radius 3 is 2.76 bits per heavy atom. The van der Waals surface area contributed by atoms with Crippen molar-refractivity contribution in [1.82, 2.24) is 15.5 Å². The van der Waals surface area contributed by atoms with E-state index in [4.69, 9.17) is 0 Å². The third-order valence-electron chi connectivity index (χ3n) is 2.74. The molecule has 0 atom stereocenters. The first-order chi connectivity index (χ1) is 8.28. The van der Waals surface area contributed by atoms with E-state index in [0.29, 0.717) is 11.2 Å². The molecule has 1 aliphatic carbocycles. The van der Waals surface area contributed by atoms with Crippen molar-refractivity contribution in [3.05, 3.63) is 0 Å². The van der Waals surface area contributed by atoms with Crippen LogP contribution in [-0.4, -0.2) is 28.5 Å². The third kappa shape index (κ3) is 3.85. The fourth-order valence-corrected chi connectivity index (χ4v) is 3.07. The zero-order valence-corrected chi connectivity index (χ0v) is 11.4. The predicted octanol–water partition coefficient (Wildman–Crippen LogP) is 2.71. The minimum absolute atomic E-state index is 0.166. The van der Waals surface area contributed by atoms with Gasteiger partial charge in [-0.05, 0) is 19.1 Å². The SMILES string of the molecule is CSc1nnc(NC(=O)NC2CCCCC2)s1. The number of urea groups is 1. The number of hydrogen-bond acceptors (Lipinski definition) is 5. The van der Waals surface area contributed by atoms with E-state index in [-0.39, 0.29) is 6.03 Å². The van der Waals surface area contributed by atoms with E-state index >= 15 is 0 Å². The molecule has 0 saturated heterocycles. The number of nitrogens with one attached hydrogen (secondary N) is 2. The topological polar surface area (TPSA) is 66.9 Å². The molecule has 0 bridgehead atoms. The number of rotatable bonds is 3.